The Balaban J connectivity index is 1.96. The van der Waals surface area contributed by atoms with Crippen molar-refractivity contribution in [1.82, 2.24) is 10.2 Å². The molecule has 1 aromatic carbocycles. The highest BCUT2D eigenvalue weighted by Gasteiger charge is 2.22. The molecule has 1 aliphatic rings. The third kappa shape index (κ3) is 4.96. The number of rotatable bonds is 6. The van der Waals surface area contributed by atoms with Crippen molar-refractivity contribution in [2.45, 2.75) is 38.1 Å². The Hall–Kier alpha value is -1.55. The van der Waals surface area contributed by atoms with Gasteiger partial charge in [-0.05, 0) is 44.6 Å². The summed E-state index contributed by atoms with van der Waals surface area (Å²) >= 11 is 0. The molecule has 1 aliphatic carbocycles. The summed E-state index contributed by atoms with van der Waals surface area (Å²) in [4.78, 5) is 16.6. The van der Waals surface area contributed by atoms with E-state index in [4.69, 9.17) is 0 Å². The molecule has 4 nitrogen and oxygen atoms in total. The van der Waals surface area contributed by atoms with Gasteiger partial charge in [0.2, 0.25) is 5.91 Å². The number of carbonyl (C=O) groups excluding carboxylic acids is 1. The van der Waals surface area contributed by atoms with E-state index in [1.165, 1.54) is 30.5 Å². The van der Waals surface area contributed by atoms with Gasteiger partial charge in [0.15, 0.2) is 0 Å². The molecule has 23 heavy (non-hydrogen) atoms. The van der Waals surface area contributed by atoms with E-state index in [-0.39, 0.29) is 17.9 Å². The number of hydrogen-bond donors (Lipinski definition) is 1. The van der Waals surface area contributed by atoms with Crippen molar-refractivity contribution in [3.63, 3.8) is 0 Å². The summed E-state index contributed by atoms with van der Waals surface area (Å²) in [6.07, 6.45) is 5.77. The molecule has 2 rings (SSSR count). The van der Waals surface area contributed by atoms with Crippen LogP contribution in [0.5, 0.6) is 0 Å². The number of nitrogens with one attached hydrogen (secondary N) is 1. The summed E-state index contributed by atoms with van der Waals surface area (Å²) in [6, 6.07) is 8.79. The highest BCUT2D eigenvalue weighted by Crippen LogP contribution is 2.25. The van der Waals surface area contributed by atoms with Crippen LogP contribution in [0.15, 0.2) is 24.3 Å². The van der Waals surface area contributed by atoms with Crippen molar-refractivity contribution in [3.05, 3.63) is 29.8 Å². The Morgan fingerprint density at radius 3 is 2.22 bits per heavy atom. The Kier molecular flexibility index (Phi) is 6.46. The molecule has 1 saturated carbocycles. The zero-order valence-electron chi connectivity index (χ0n) is 15.0. The van der Waals surface area contributed by atoms with Crippen LogP contribution in [0.25, 0.3) is 0 Å². The molecule has 4 heteroatoms. The van der Waals surface area contributed by atoms with E-state index in [0.717, 1.165) is 12.8 Å². The van der Waals surface area contributed by atoms with Gasteiger partial charge >= 0.3 is 0 Å². The molecule has 0 unspecified atom stereocenters. The zero-order valence-corrected chi connectivity index (χ0v) is 15.0. The van der Waals surface area contributed by atoms with Crippen LogP contribution in [0.1, 0.15) is 43.7 Å². The quantitative estimate of drug-likeness (QED) is 0.876. The van der Waals surface area contributed by atoms with Crippen molar-refractivity contribution in [2.24, 2.45) is 5.92 Å². The number of hydrogen-bond acceptors (Lipinski definition) is 3. The Bertz CT molecular complexity index is 490. The molecular formula is C19H31N3O. The predicted octanol–water partition coefficient (Wildman–Crippen LogP) is 3.05. The minimum atomic E-state index is 0.207. The topological polar surface area (TPSA) is 35.6 Å². The monoisotopic (exact) mass is 317 g/mol. The number of anilines is 1. The SMILES string of the molecule is CN(C)c1ccc([C@H](CNC(=O)C2CCCCC2)N(C)C)cc1. The summed E-state index contributed by atoms with van der Waals surface area (Å²) in [6.45, 7) is 0.670. The molecular weight excluding hydrogens is 286 g/mol. The largest absolute Gasteiger partial charge is 0.378 e. The first kappa shape index (κ1) is 17.8. The van der Waals surface area contributed by atoms with Gasteiger partial charge in [-0.15, -0.1) is 0 Å². The lowest BCUT2D eigenvalue weighted by Gasteiger charge is -2.27. The lowest BCUT2D eigenvalue weighted by Crippen LogP contribution is -2.38. The highest BCUT2D eigenvalue weighted by atomic mass is 16.1. The van der Waals surface area contributed by atoms with E-state index in [9.17, 15) is 4.79 Å². The molecule has 0 spiro atoms. The minimum absolute atomic E-state index is 0.207. The smallest absolute Gasteiger partial charge is 0.223 e. The van der Waals surface area contributed by atoms with Gasteiger partial charge in [-0.25, -0.2) is 0 Å². The molecule has 1 fully saturated rings. The average molecular weight is 317 g/mol. The second-order valence-electron chi connectivity index (χ2n) is 7.05. The highest BCUT2D eigenvalue weighted by molar-refractivity contribution is 5.78. The minimum Gasteiger partial charge on any atom is -0.378 e. The van der Waals surface area contributed by atoms with Crippen LogP contribution in [0, 0.1) is 5.92 Å². The van der Waals surface area contributed by atoms with Crippen LogP contribution in [0.2, 0.25) is 0 Å². The molecule has 1 N–H and O–H groups in total. The molecule has 1 amide bonds. The predicted molar refractivity (Wildman–Crippen MR) is 96.8 cm³/mol. The van der Waals surface area contributed by atoms with E-state index in [1.54, 1.807) is 0 Å². The van der Waals surface area contributed by atoms with Crippen LogP contribution in [0.3, 0.4) is 0 Å². The summed E-state index contributed by atoms with van der Waals surface area (Å²) in [7, 11) is 8.22. The number of nitrogens with zero attached hydrogens (tertiary/aromatic N) is 2. The fraction of sp³-hybridized carbons (Fsp3) is 0.632. The van der Waals surface area contributed by atoms with Crippen molar-refractivity contribution in [3.8, 4) is 0 Å². The maximum atomic E-state index is 12.4. The Morgan fingerprint density at radius 2 is 1.70 bits per heavy atom. The molecule has 128 valence electrons. The van der Waals surface area contributed by atoms with E-state index < -0.39 is 0 Å². The fourth-order valence-electron chi connectivity index (χ4n) is 3.30. The number of amides is 1. The van der Waals surface area contributed by atoms with Crippen molar-refractivity contribution >= 4 is 11.6 Å². The number of carbonyl (C=O) groups is 1. The van der Waals surface area contributed by atoms with E-state index >= 15 is 0 Å². The molecule has 0 heterocycles. The molecule has 1 atom stereocenters. The standard InChI is InChI=1S/C19H31N3O/c1-21(2)17-12-10-15(11-13-17)18(22(3)4)14-20-19(23)16-8-6-5-7-9-16/h10-13,16,18H,5-9,14H2,1-4H3,(H,20,23)/t18-/m0/s1. The molecule has 1 aromatic rings. The summed E-state index contributed by atoms with van der Waals surface area (Å²) < 4.78 is 0. The maximum absolute atomic E-state index is 12.4. The van der Waals surface area contributed by atoms with Gasteiger partial charge in [0.25, 0.3) is 0 Å². The van der Waals surface area contributed by atoms with Gasteiger partial charge in [-0.1, -0.05) is 31.4 Å². The molecule has 0 aromatic heterocycles. The van der Waals surface area contributed by atoms with Crippen molar-refractivity contribution < 1.29 is 4.79 Å². The maximum Gasteiger partial charge on any atom is 0.223 e. The van der Waals surface area contributed by atoms with Gasteiger partial charge in [-0.2, -0.15) is 0 Å². The van der Waals surface area contributed by atoms with E-state index in [1.807, 2.05) is 14.1 Å². The molecule has 0 saturated heterocycles. The van der Waals surface area contributed by atoms with Gasteiger partial charge in [0.05, 0.1) is 6.04 Å². The number of benzene rings is 1. The second kappa shape index (κ2) is 8.34. The third-order valence-electron chi connectivity index (χ3n) is 4.86. The van der Waals surface area contributed by atoms with Crippen LogP contribution >= 0.6 is 0 Å². The normalized spacial score (nSPS) is 17.1. The van der Waals surface area contributed by atoms with Crippen LogP contribution in [-0.2, 0) is 4.79 Å². The number of likely N-dealkylation sites (N-methyl/N-ethyl adjacent to an activating group) is 1. The van der Waals surface area contributed by atoms with Crippen LogP contribution in [-0.4, -0.2) is 45.5 Å². The first-order chi connectivity index (χ1) is 11.0. The van der Waals surface area contributed by atoms with Crippen LogP contribution in [0.4, 0.5) is 5.69 Å². The zero-order chi connectivity index (χ0) is 16.8. The lowest BCUT2D eigenvalue weighted by atomic mass is 9.88. The summed E-state index contributed by atoms with van der Waals surface area (Å²) in [5.74, 6) is 0.462. The first-order valence-corrected chi connectivity index (χ1v) is 8.70. The van der Waals surface area contributed by atoms with Gasteiger partial charge < -0.3 is 15.1 Å². The Morgan fingerprint density at radius 1 is 1.09 bits per heavy atom. The second-order valence-corrected chi connectivity index (χ2v) is 7.05. The lowest BCUT2D eigenvalue weighted by molar-refractivity contribution is -0.126. The average Bonchev–Trinajstić information content (AvgIpc) is 2.55. The fourth-order valence-corrected chi connectivity index (χ4v) is 3.30. The summed E-state index contributed by atoms with van der Waals surface area (Å²) in [5.41, 5.74) is 2.43. The third-order valence-corrected chi connectivity index (χ3v) is 4.86. The van der Waals surface area contributed by atoms with E-state index in [0.29, 0.717) is 6.54 Å². The van der Waals surface area contributed by atoms with Gasteiger partial charge in [0.1, 0.15) is 0 Å². The first-order valence-electron chi connectivity index (χ1n) is 8.70. The van der Waals surface area contributed by atoms with Crippen LogP contribution < -0.4 is 10.2 Å². The van der Waals surface area contributed by atoms with Crippen molar-refractivity contribution in [1.29, 1.82) is 0 Å². The molecule has 0 aliphatic heterocycles. The Labute approximate surface area is 140 Å². The van der Waals surface area contributed by atoms with Gasteiger partial charge in [-0.3, -0.25) is 4.79 Å². The molecule has 0 bridgehead atoms. The van der Waals surface area contributed by atoms with Gasteiger partial charge in [0, 0.05) is 32.2 Å². The van der Waals surface area contributed by atoms with Crippen molar-refractivity contribution in [2.75, 3.05) is 39.6 Å². The van der Waals surface area contributed by atoms with E-state index in [2.05, 4.69) is 53.5 Å². The molecule has 0 radical (unpaired) electrons. The summed E-state index contributed by atoms with van der Waals surface area (Å²) in [5, 5.41) is 3.18.